The molecule has 0 spiro atoms. The Labute approximate surface area is 231 Å². The molecular weight excluding hydrogens is 502 g/mol. The van der Waals surface area contributed by atoms with E-state index >= 15 is 0 Å². The Morgan fingerprint density at radius 1 is 1.10 bits per heavy atom. The molecule has 3 rings (SSSR count). The van der Waals surface area contributed by atoms with E-state index in [1.807, 2.05) is 55.4 Å². The maximum Gasteiger partial charge on any atom is 0.315 e. The van der Waals surface area contributed by atoms with Crippen LogP contribution >= 0.6 is 0 Å². The van der Waals surface area contributed by atoms with Crippen molar-refractivity contribution in [1.82, 2.24) is 20.9 Å². The molecule has 0 aromatic carbocycles. The van der Waals surface area contributed by atoms with Crippen LogP contribution in [0.3, 0.4) is 0 Å². The van der Waals surface area contributed by atoms with Crippen LogP contribution in [0.2, 0.25) is 0 Å². The van der Waals surface area contributed by atoms with E-state index in [1.54, 1.807) is 0 Å². The lowest BCUT2D eigenvalue weighted by molar-refractivity contribution is -0.145. The number of primary amides is 1. The molecule has 5 N–H and O–H groups in total. The van der Waals surface area contributed by atoms with Crippen LogP contribution in [0.15, 0.2) is 12.3 Å². The van der Waals surface area contributed by atoms with Gasteiger partial charge in [0.2, 0.25) is 17.6 Å². The van der Waals surface area contributed by atoms with Crippen LogP contribution < -0.4 is 21.7 Å². The van der Waals surface area contributed by atoms with Crippen LogP contribution in [0.1, 0.15) is 68.2 Å². The first-order chi connectivity index (χ1) is 17.8. The van der Waals surface area contributed by atoms with Crippen molar-refractivity contribution in [2.75, 3.05) is 13.2 Å². The predicted molar refractivity (Wildman–Crippen MR) is 145 cm³/mol. The van der Waals surface area contributed by atoms with Gasteiger partial charge in [-0.3, -0.25) is 19.2 Å². The molecule has 3 fully saturated rings. The minimum absolute atomic E-state index is 0.0921. The van der Waals surface area contributed by atoms with Gasteiger partial charge in [0.1, 0.15) is 12.1 Å². The van der Waals surface area contributed by atoms with Crippen molar-refractivity contribution in [3.8, 4) is 0 Å². The number of hydrogen-bond donors (Lipinski definition) is 4. The van der Waals surface area contributed by atoms with Crippen LogP contribution in [0.4, 0.5) is 4.79 Å². The second-order valence-electron chi connectivity index (χ2n) is 13.9. The van der Waals surface area contributed by atoms with E-state index < -0.39 is 52.7 Å². The molecule has 0 bridgehead atoms. The summed E-state index contributed by atoms with van der Waals surface area (Å²) in [7, 11) is 0. The standard InChI is InChI=1S/C28H45N5O6/c1-14-15(10-11-39-14)12-17(20(34)22(29)35)30-23(36)19-18-16(28(18,8)9)13-33(19)24(37)21(26(2,3)4)31-25(38)32-27(5,6)7/h15-19,21H,1,10-13H2,2-9H3,(H2,29,35)(H,30,36)(H2,31,32,38)/t15-,16-,17+,18-,19-,21+/m0/s1. The van der Waals surface area contributed by atoms with Gasteiger partial charge in [0.25, 0.3) is 5.91 Å². The molecule has 6 atom stereocenters. The Morgan fingerprint density at radius 2 is 1.72 bits per heavy atom. The number of nitrogens with zero attached hydrogens (tertiary/aromatic N) is 1. The summed E-state index contributed by atoms with van der Waals surface area (Å²) in [6.07, 6.45) is 0.738. The van der Waals surface area contributed by atoms with Crippen molar-refractivity contribution in [2.24, 2.45) is 34.3 Å². The van der Waals surface area contributed by atoms with E-state index in [0.717, 1.165) is 0 Å². The number of nitrogens with one attached hydrogen (secondary N) is 3. The van der Waals surface area contributed by atoms with E-state index in [0.29, 0.717) is 25.3 Å². The highest BCUT2D eigenvalue weighted by atomic mass is 16.5. The minimum atomic E-state index is -1.16. The van der Waals surface area contributed by atoms with E-state index in [9.17, 15) is 24.0 Å². The highest BCUT2D eigenvalue weighted by Gasteiger charge is 2.70. The lowest BCUT2D eigenvalue weighted by Crippen LogP contribution is -2.62. The fourth-order valence-corrected chi connectivity index (χ4v) is 5.94. The summed E-state index contributed by atoms with van der Waals surface area (Å²) < 4.78 is 5.40. The summed E-state index contributed by atoms with van der Waals surface area (Å²) in [6.45, 7) is 19.8. The van der Waals surface area contributed by atoms with Crippen molar-refractivity contribution in [3.63, 3.8) is 0 Å². The number of nitrogens with two attached hydrogens (primary N) is 1. The molecule has 0 aromatic heterocycles. The van der Waals surface area contributed by atoms with E-state index in [4.69, 9.17) is 10.5 Å². The van der Waals surface area contributed by atoms with Gasteiger partial charge in [-0.05, 0) is 56.3 Å². The number of likely N-dealkylation sites (tertiary alicyclic amines) is 1. The quantitative estimate of drug-likeness (QED) is 0.337. The second-order valence-corrected chi connectivity index (χ2v) is 13.9. The van der Waals surface area contributed by atoms with Gasteiger partial charge in [-0.25, -0.2) is 4.79 Å². The van der Waals surface area contributed by atoms with Crippen LogP contribution in [-0.4, -0.2) is 71.3 Å². The zero-order valence-electron chi connectivity index (χ0n) is 24.5. The summed E-state index contributed by atoms with van der Waals surface area (Å²) in [5.74, 6) is -2.67. The Kier molecular flexibility index (Phi) is 8.16. The summed E-state index contributed by atoms with van der Waals surface area (Å²) in [4.78, 5) is 66.5. The molecule has 2 saturated heterocycles. The average Bonchev–Trinajstić information content (AvgIpc) is 3.14. The maximum absolute atomic E-state index is 14.0. The summed E-state index contributed by atoms with van der Waals surface area (Å²) in [6, 6.07) is -3.41. The second kappa shape index (κ2) is 10.5. The number of Topliss-reactive ketones (excluding diaryl/α,β-unsaturated/α-hetero) is 1. The van der Waals surface area contributed by atoms with Gasteiger partial charge in [0, 0.05) is 18.0 Å². The van der Waals surface area contributed by atoms with Crippen molar-refractivity contribution in [1.29, 1.82) is 0 Å². The number of carbonyl (C=O) groups is 5. The molecule has 3 aliphatic rings. The third kappa shape index (κ3) is 6.55. The van der Waals surface area contributed by atoms with Crippen molar-refractivity contribution in [3.05, 3.63) is 12.3 Å². The van der Waals surface area contributed by atoms with Crippen molar-refractivity contribution < 1.29 is 28.7 Å². The number of urea groups is 1. The van der Waals surface area contributed by atoms with Crippen LogP contribution in [0, 0.1) is 28.6 Å². The predicted octanol–water partition coefficient (Wildman–Crippen LogP) is 1.46. The molecule has 5 amide bonds. The molecule has 218 valence electrons. The van der Waals surface area contributed by atoms with Crippen LogP contribution in [0.25, 0.3) is 0 Å². The van der Waals surface area contributed by atoms with Crippen molar-refractivity contribution >= 4 is 29.5 Å². The number of rotatable bonds is 8. The Hall–Kier alpha value is -3.11. The third-order valence-corrected chi connectivity index (χ3v) is 8.24. The molecule has 0 aromatic rings. The minimum Gasteiger partial charge on any atom is -0.498 e. The molecule has 39 heavy (non-hydrogen) atoms. The monoisotopic (exact) mass is 547 g/mol. The Bertz CT molecular complexity index is 1060. The highest BCUT2D eigenvalue weighted by Crippen LogP contribution is 2.65. The van der Waals surface area contributed by atoms with Crippen LogP contribution in [0.5, 0.6) is 0 Å². The van der Waals surface area contributed by atoms with E-state index in [1.165, 1.54) is 4.90 Å². The number of hydrogen-bond acceptors (Lipinski definition) is 6. The van der Waals surface area contributed by atoms with Gasteiger partial charge in [-0.15, -0.1) is 0 Å². The molecule has 11 nitrogen and oxygen atoms in total. The van der Waals surface area contributed by atoms with Gasteiger partial charge < -0.3 is 31.3 Å². The number of ether oxygens (including phenoxy) is 1. The fraction of sp³-hybridized carbons (Fsp3) is 0.750. The summed E-state index contributed by atoms with van der Waals surface area (Å²) in [5.41, 5.74) is 3.97. The van der Waals surface area contributed by atoms with E-state index in [-0.39, 0.29) is 35.5 Å². The molecule has 0 unspecified atom stereocenters. The fourth-order valence-electron chi connectivity index (χ4n) is 5.94. The number of carbonyl (C=O) groups excluding carboxylic acids is 5. The number of piperidine rings is 1. The SMILES string of the molecule is C=C1OCC[C@H]1C[C@@H](NC(=O)[C@@H]1[C@@H]2[C@H](CN1C(=O)[C@@H](NC(=O)NC(C)(C)C)C(C)(C)C)C2(C)C)C(=O)C(N)=O. The zero-order chi connectivity index (χ0) is 29.7. The zero-order valence-corrected chi connectivity index (χ0v) is 24.5. The Morgan fingerprint density at radius 3 is 2.21 bits per heavy atom. The van der Waals surface area contributed by atoms with Crippen LogP contribution in [-0.2, 0) is 23.9 Å². The molecular formula is C28H45N5O6. The molecule has 1 saturated carbocycles. The first kappa shape index (κ1) is 30.4. The molecule has 11 heteroatoms. The van der Waals surface area contributed by atoms with Gasteiger partial charge >= 0.3 is 6.03 Å². The van der Waals surface area contributed by atoms with Crippen molar-refractivity contribution in [2.45, 2.75) is 91.9 Å². The molecule has 2 aliphatic heterocycles. The normalized spacial score (nSPS) is 27.1. The average molecular weight is 548 g/mol. The third-order valence-electron chi connectivity index (χ3n) is 8.24. The molecule has 0 radical (unpaired) electrons. The highest BCUT2D eigenvalue weighted by molar-refractivity contribution is 6.37. The number of allylic oxidation sites excluding steroid dienone is 1. The van der Waals surface area contributed by atoms with Gasteiger partial charge in [0.15, 0.2) is 0 Å². The largest absolute Gasteiger partial charge is 0.498 e. The first-order valence-corrected chi connectivity index (χ1v) is 13.6. The lowest BCUT2D eigenvalue weighted by atomic mass is 9.85. The topological polar surface area (TPSA) is 160 Å². The van der Waals surface area contributed by atoms with E-state index in [2.05, 4.69) is 22.5 Å². The summed E-state index contributed by atoms with van der Waals surface area (Å²) in [5, 5.41) is 8.37. The van der Waals surface area contributed by atoms with Gasteiger partial charge in [0.05, 0.1) is 18.4 Å². The Balaban J connectivity index is 1.86. The molecule has 2 heterocycles. The maximum atomic E-state index is 14.0. The lowest BCUT2D eigenvalue weighted by Gasteiger charge is -2.38. The smallest absolute Gasteiger partial charge is 0.315 e. The summed E-state index contributed by atoms with van der Waals surface area (Å²) >= 11 is 0. The number of amides is 5. The number of fused-ring (bicyclic) bond motifs is 1. The molecule has 1 aliphatic carbocycles. The first-order valence-electron chi connectivity index (χ1n) is 13.6. The van der Waals surface area contributed by atoms with Gasteiger partial charge in [-0.2, -0.15) is 0 Å². The van der Waals surface area contributed by atoms with Gasteiger partial charge in [-0.1, -0.05) is 41.2 Å². The number of ketones is 1.